The molecule has 0 aliphatic carbocycles. The average molecular weight is 227 g/mol. The van der Waals surface area contributed by atoms with Gasteiger partial charge >= 0.3 is 6.03 Å². The molecule has 1 aromatic carbocycles. The van der Waals surface area contributed by atoms with E-state index in [9.17, 15) is 4.79 Å². The van der Waals surface area contributed by atoms with Crippen molar-refractivity contribution in [3.8, 4) is 0 Å². The molecule has 0 fully saturated rings. The van der Waals surface area contributed by atoms with Crippen LogP contribution in [0.2, 0.25) is 0 Å². The quantitative estimate of drug-likeness (QED) is 0.828. The minimum absolute atomic E-state index is 0.297. The standard InChI is InChI=1S/C13H13N3O/c1-10-5-4-6-11(9-10)15-13(17)16-12-7-2-3-8-14-12/h2-9H,1H3,(H2,14,15,16,17). The molecule has 4 nitrogen and oxygen atoms in total. The molecule has 4 heteroatoms. The first-order valence-corrected chi connectivity index (χ1v) is 5.30. The number of urea groups is 1. The van der Waals surface area contributed by atoms with E-state index in [0.29, 0.717) is 5.82 Å². The van der Waals surface area contributed by atoms with Gasteiger partial charge in [-0.3, -0.25) is 5.32 Å². The SMILES string of the molecule is Cc1cccc(NC(=O)Nc2ccccn2)c1. The smallest absolute Gasteiger partial charge is 0.308 e. The zero-order valence-corrected chi connectivity index (χ0v) is 9.47. The Morgan fingerprint density at radius 3 is 2.71 bits per heavy atom. The number of aromatic nitrogens is 1. The molecular formula is C13H13N3O. The van der Waals surface area contributed by atoms with Crippen LogP contribution in [0.4, 0.5) is 16.3 Å². The lowest BCUT2D eigenvalue weighted by Crippen LogP contribution is -2.19. The normalized spacial score (nSPS) is 9.71. The third-order valence-electron chi connectivity index (χ3n) is 2.18. The Hall–Kier alpha value is -2.36. The molecule has 2 amide bonds. The molecule has 0 unspecified atom stereocenters. The van der Waals surface area contributed by atoms with Crippen molar-refractivity contribution in [3.63, 3.8) is 0 Å². The monoisotopic (exact) mass is 227 g/mol. The van der Waals surface area contributed by atoms with Crippen LogP contribution < -0.4 is 10.6 Å². The highest BCUT2D eigenvalue weighted by Crippen LogP contribution is 2.10. The fourth-order valence-corrected chi connectivity index (χ4v) is 1.44. The number of benzene rings is 1. The van der Waals surface area contributed by atoms with Crippen LogP contribution >= 0.6 is 0 Å². The molecule has 0 saturated carbocycles. The van der Waals surface area contributed by atoms with Crippen LogP contribution in [0.25, 0.3) is 0 Å². The van der Waals surface area contributed by atoms with Gasteiger partial charge in [0.15, 0.2) is 0 Å². The van der Waals surface area contributed by atoms with E-state index in [1.54, 1.807) is 18.3 Å². The summed E-state index contributed by atoms with van der Waals surface area (Å²) in [4.78, 5) is 15.6. The molecule has 17 heavy (non-hydrogen) atoms. The highest BCUT2D eigenvalue weighted by atomic mass is 16.2. The summed E-state index contributed by atoms with van der Waals surface area (Å²) in [6.45, 7) is 1.97. The van der Waals surface area contributed by atoms with Crippen molar-refractivity contribution in [3.05, 3.63) is 54.2 Å². The average Bonchev–Trinajstić information content (AvgIpc) is 2.30. The maximum Gasteiger partial charge on any atom is 0.324 e. The van der Waals surface area contributed by atoms with E-state index in [2.05, 4.69) is 15.6 Å². The summed E-state index contributed by atoms with van der Waals surface area (Å²) < 4.78 is 0. The third-order valence-corrected chi connectivity index (χ3v) is 2.18. The van der Waals surface area contributed by atoms with Crippen molar-refractivity contribution >= 4 is 17.5 Å². The van der Waals surface area contributed by atoms with Crippen molar-refractivity contribution in [2.75, 3.05) is 10.6 Å². The topological polar surface area (TPSA) is 54.0 Å². The number of aryl methyl sites for hydroxylation is 1. The molecular weight excluding hydrogens is 214 g/mol. The van der Waals surface area contributed by atoms with Gasteiger partial charge in [-0.15, -0.1) is 0 Å². The molecule has 2 aromatic rings. The lowest BCUT2D eigenvalue weighted by atomic mass is 10.2. The van der Waals surface area contributed by atoms with Crippen molar-refractivity contribution < 1.29 is 4.79 Å². The van der Waals surface area contributed by atoms with E-state index in [1.807, 2.05) is 37.3 Å². The molecule has 86 valence electrons. The molecule has 0 spiro atoms. The van der Waals surface area contributed by atoms with Crippen molar-refractivity contribution in [2.24, 2.45) is 0 Å². The van der Waals surface area contributed by atoms with Crippen LogP contribution in [0.15, 0.2) is 48.7 Å². The molecule has 0 radical (unpaired) electrons. The van der Waals surface area contributed by atoms with Gasteiger partial charge in [0.2, 0.25) is 0 Å². The van der Waals surface area contributed by atoms with Crippen LogP contribution in [-0.4, -0.2) is 11.0 Å². The summed E-state index contributed by atoms with van der Waals surface area (Å²) in [5.41, 5.74) is 1.86. The third kappa shape index (κ3) is 3.31. The lowest BCUT2D eigenvalue weighted by Gasteiger charge is -2.07. The first-order valence-electron chi connectivity index (χ1n) is 5.30. The summed E-state index contributed by atoms with van der Waals surface area (Å²) in [5, 5.41) is 5.39. The molecule has 2 N–H and O–H groups in total. The molecule has 0 aliphatic heterocycles. The number of carbonyl (C=O) groups is 1. The number of nitrogens with zero attached hydrogens (tertiary/aromatic N) is 1. The number of hydrogen-bond donors (Lipinski definition) is 2. The molecule has 0 atom stereocenters. The van der Waals surface area contributed by atoms with Gasteiger partial charge in [0.1, 0.15) is 5.82 Å². The molecule has 0 aliphatic rings. The molecule has 0 bridgehead atoms. The Balaban J connectivity index is 1.98. The molecule has 0 saturated heterocycles. The van der Waals surface area contributed by atoms with E-state index in [-0.39, 0.29) is 6.03 Å². The Labute approximate surface area is 99.7 Å². The first kappa shape index (κ1) is 11.1. The van der Waals surface area contributed by atoms with Crippen molar-refractivity contribution in [1.82, 2.24) is 4.98 Å². The summed E-state index contributed by atoms with van der Waals surface area (Å²) in [6.07, 6.45) is 1.63. The Morgan fingerprint density at radius 2 is 2.00 bits per heavy atom. The van der Waals surface area contributed by atoms with Gasteiger partial charge in [-0.05, 0) is 36.8 Å². The Morgan fingerprint density at radius 1 is 1.12 bits per heavy atom. The van der Waals surface area contributed by atoms with Gasteiger partial charge in [-0.2, -0.15) is 0 Å². The van der Waals surface area contributed by atoms with E-state index in [4.69, 9.17) is 0 Å². The molecule has 1 aromatic heterocycles. The van der Waals surface area contributed by atoms with E-state index in [1.165, 1.54) is 0 Å². The van der Waals surface area contributed by atoms with E-state index in [0.717, 1.165) is 11.3 Å². The predicted molar refractivity (Wildman–Crippen MR) is 68.1 cm³/mol. The zero-order valence-electron chi connectivity index (χ0n) is 9.47. The number of carbonyl (C=O) groups excluding carboxylic acids is 1. The van der Waals surface area contributed by atoms with E-state index >= 15 is 0 Å². The second-order valence-corrected chi connectivity index (χ2v) is 3.66. The fraction of sp³-hybridized carbons (Fsp3) is 0.0769. The Kier molecular flexibility index (Phi) is 3.35. The number of amides is 2. The van der Waals surface area contributed by atoms with Gasteiger partial charge < -0.3 is 5.32 Å². The van der Waals surface area contributed by atoms with Crippen LogP contribution in [0.3, 0.4) is 0 Å². The molecule has 2 rings (SSSR count). The van der Waals surface area contributed by atoms with E-state index < -0.39 is 0 Å². The summed E-state index contributed by atoms with van der Waals surface area (Å²) in [7, 11) is 0. The zero-order chi connectivity index (χ0) is 12.1. The van der Waals surface area contributed by atoms with Gasteiger partial charge in [0.25, 0.3) is 0 Å². The number of rotatable bonds is 2. The van der Waals surface area contributed by atoms with Crippen molar-refractivity contribution in [2.45, 2.75) is 6.92 Å². The predicted octanol–water partition coefficient (Wildman–Crippen LogP) is 3.03. The van der Waals surface area contributed by atoms with Gasteiger partial charge in [0, 0.05) is 11.9 Å². The van der Waals surface area contributed by atoms with Crippen LogP contribution in [0.1, 0.15) is 5.56 Å². The first-order chi connectivity index (χ1) is 8.24. The maximum absolute atomic E-state index is 11.6. The summed E-state index contributed by atoms with van der Waals surface area (Å²) in [6, 6.07) is 12.7. The highest BCUT2D eigenvalue weighted by Gasteiger charge is 2.02. The number of hydrogen-bond acceptors (Lipinski definition) is 2. The van der Waals surface area contributed by atoms with Crippen LogP contribution in [0.5, 0.6) is 0 Å². The number of anilines is 2. The fourth-order valence-electron chi connectivity index (χ4n) is 1.44. The molecule has 1 heterocycles. The summed E-state index contributed by atoms with van der Waals surface area (Å²) in [5.74, 6) is 0.526. The number of pyridine rings is 1. The van der Waals surface area contributed by atoms with Gasteiger partial charge in [0.05, 0.1) is 0 Å². The van der Waals surface area contributed by atoms with Gasteiger partial charge in [-0.25, -0.2) is 9.78 Å². The minimum Gasteiger partial charge on any atom is -0.308 e. The number of nitrogens with one attached hydrogen (secondary N) is 2. The van der Waals surface area contributed by atoms with Crippen molar-refractivity contribution in [1.29, 1.82) is 0 Å². The van der Waals surface area contributed by atoms with Gasteiger partial charge in [-0.1, -0.05) is 18.2 Å². The summed E-state index contributed by atoms with van der Waals surface area (Å²) >= 11 is 0. The highest BCUT2D eigenvalue weighted by molar-refractivity contribution is 5.99. The van der Waals surface area contributed by atoms with Crippen LogP contribution in [-0.2, 0) is 0 Å². The Bertz CT molecular complexity index is 511. The van der Waals surface area contributed by atoms with Crippen LogP contribution in [0, 0.1) is 6.92 Å². The minimum atomic E-state index is -0.297. The second-order valence-electron chi connectivity index (χ2n) is 3.66. The largest absolute Gasteiger partial charge is 0.324 e. The second kappa shape index (κ2) is 5.12. The maximum atomic E-state index is 11.6. The lowest BCUT2D eigenvalue weighted by molar-refractivity contribution is 0.262.